The molecule has 0 saturated carbocycles. The van der Waals surface area contributed by atoms with E-state index in [4.69, 9.17) is 4.74 Å². The zero-order chi connectivity index (χ0) is 21.7. The summed E-state index contributed by atoms with van der Waals surface area (Å²) >= 11 is 3.30. The number of H-pyrrole nitrogens is 1. The number of nitrogens with one attached hydrogen (secondary N) is 1. The topological polar surface area (TPSA) is 97.4 Å². The molecule has 0 saturated heterocycles. The Labute approximate surface area is 178 Å². The van der Waals surface area contributed by atoms with Crippen molar-refractivity contribution in [1.29, 1.82) is 0 Å². The molecule has 0 aliphatic carbocycles. The number of halogens is 2. The van der Waals surface area contributed by atoms with Gasteiger partial charge in [-0.15, -0.1) is 4.68 Å². The highest BCUT2D eigenvalue weighted by Gasteiger charge is 2.31. The van der Waals surface area contributed by atoms with E-state index in [9.17, 15) is 18.8 Å². The van der Waals surface area contributed by atoms with Crippen LogP contribution in [0.4, 0.5) is 4.39 Å². The molecule has 0 bridgehead atoms. The Kier molecular flexibility index (Phi) is 6.68. The van der Waals surface area contributed by atoms with Crippen LogP contribution >= 0.6 is 15.9 Å². The molecule has 1 N–H and O–H groups in total. The number of carbonyl (C=O) groups excluding carboxylic acids is 2. The predicted molar refractivity (Wildman–Crippen MR) is 109 cm³/mol. The number of esters is 1. The molecule has 0 atom stereocenters. The van der Waals surface area contributed by atoms with E-state index < -0.39 is 17.3 Å². The maximum absolute atomic E-state index is 13.0. The van der Waals surface area contributed by atoms with Crippen LogP contribution in [0.3, 0.4) is 0 Å². The lowest BCUT2D eigenvalue weighted by Crippen LogP contribution is -2.46. The zero-order valence-electron chi connectivity index (χ0n) is 15.8. The van der Waals surface area contributed by atoms with Crippen molar-refractivity contribution in [3.8, 4) is 0 Å². The summed E-state index contributed by atoms with van der Waals surface area (Å²) in [6, 6.07) is 12.1. The van der Waals surface area contributed by atoms with Crippen LogP contribution in [-0.2, 0) is 11.3 Å². The van der Waals surface area contributed by atoms with Crippen molar-refractivity contribution in [3.05, 3.63) is 86.0 Å². The Balaban J connectivity index is 1.94. The molecule has 3 aromatic rings. The molecule has 0 spiro atoms. The average Bonchev–Trinajstić information content (AvgIpc) is 3.03. The molecular weight excluding hydrogens is 459 g/mol. The fourth-order valence-corrected chi connectivity index (χ4v) is 2.82. The highest BCUT2D eigenvalue weighted by Crippen LogP contribution is 2.11. The molecule has 1 aromatic heterocycles. The van der Waals surface area contributed by atoms with E-state index in [0.717, 1.165) is 13.9 Å². The first-order valence-corrected chi connectivity index (χ1v) is 9.69. The van der Waals surface area contributed by atoms with Crippen LogP contribution in [0, 0.1) is 5.82 Å². The van der Waals surface area contributed by atoms with Crippen LogP contribution < -0.4 is 10.2 Å². The summed E-state index contributed by atoms with van der Waals surface area (Å²) in [5.74, 6) is -1.61. The molecule has 0 fully saturated rings. The van der Waals surface area contributed by atoms with Crippen molar-refractivity contribution in [2.45, 2.75) is 13.5 Å². The number of benzene rings is 2. The van der Waals surface area contributed by atoms with E-state index >= 15 is 0 Å². The summed E-state index contributed by atoms with van der Waals surface area (Å²) in [7, 11) is 0. The third kappa shape index (κ3) is 4.95. The fraction of sp³-hybridized carbons (Fsp3) is 0.150. The maximum atomic E-state index is 13.0. The van der Waals surface area contributed by atoms with Gasteiger partial charge >= 0.3 is 17.2 Å². The van der Waals surface area contributed by atoms with Crippen LogP contribution in [0.15, 0.2) is 62.9 Å². The minimum absolute atomic E-state index is 0.0585. The summed E-state index contributed by atoms with van der Waals surface area (Å²) in [4.78, 5) is 38.4. The Morgan fingerprint density at radius 1 is 1.20 bits per heavy atom. The molecule has 0 amide bonds. The quantitative estimate of drug-likeness (QED) is 0.245. The summed E-state index contributed by atoms with van der Waals surface area (Å²) < 4.78 is 19.9. The van der Waals surface area contributed by atoms with Crippen molar-refractivity contribution < 1.29 is 23.4 Å². The van der Waals surface area contributed by atoms with E-state index in [1.165, 1.54) is 30.5 Å². The molecule has 2 aromatic carbocycles. The Morgan fingerprint density at radius 3 is 2.50 bits per heavy atom. The normalized spacial score (nSPS) is 11.0. The van der Waals surface area contributed by atoms with Crippen LogP contribution in [-0.4, -0.2) is 34.6 Å². The van der Waals surface area contributed by atoms with Crippen molar-refractivity contribution in [2.24, 2.45) is 5.10 Å². The number of rotatable bonds is 7. The van der Waals surface area contributed by atoms with Crippen LogP contribution in [0.1, 0.15) is 33.3 Å². The standard InChI is InChI=1S/C20H16BrFN4O4/c1-2-30-20(29)18-19(28)26(23-11-13-3-9-16(22)10-4-13)24-25(18)12-17(27)14-5-7-15(21)8-6-14/h3-11H,2,12H2,1H3/p+1/b23-11-. The van der Waals surface area contributed by atoms with E-state index in [1.807, 2.05) is 0 Å². The van der Waals surface area contributed by atoms with Gasteiger partial charge in [0.2, 0.25) is 5.78 Å². The van der Waals surface area contributed by atoms with Crippen molar-refractivity contribution in [1.82, 2.24) is 10.0 Å². The van der Waals surface area contributed by atoms with Gasteiger partial charge in [-0.25, -0.2) is 14.0 Å². The molecule has 0 unspecified atom stereocenters. The first kappa shape index (κ1) is 21.3. The lowest BCUT2D eigenvalue weighted by atomic mass is 10.1. The lowest BCUT2D eigenvalue weighted by molar-refractivity contribution is -0.744. The minimum atomic E-state index is -0.877. The average molecular weight is 476 g/mol. The van der Waals surface area contributed by atoms with Crippen LogP contribution in [0.25, 0.3) is 0 Å². The summed E-state index contributed by atoms with van der Waals surface area (Å²) in [5.41, 5.74) is -0.203. The highest BCUT2D eigenvalue weighted by atomic mass is 79.9. The molecule has 3 rings (SSSR count). The van der Waals surface area contributed by atoms with Gasteiger partial charge < -0.3 is 4.74 Å². The van der Waals surface area contributed by atoms with Gasteiger partial charge in [0.25, 0.3) is 0 Å². The van der Waals surface area contributed by atoms with E-state index in [-0.39, 0.29) is 24.6 Å². The fourth-order valence-electron chi connectivity index (χ4n) is 2.56. The molecular formula is C20H17BrFN4O4+. The second-order valence-corrected chi connectivity index (χ2v) is 7.01. The number of aromatic amines is 1. The molecule has 1 heterocycles. The van der Waals surface area contributed by atoms with Crippen molar-refractivity contribution in [3.63, 3.8) is 0 Å². The predicted octanol–water partition coefficient (Wildman–Crippen LogP) is 2.31. The summed E-state index contributed by atoms with van der Waals surface area (Å²) in [6.07, 6.45) is 1.31. The molecule has 30 heavy (non-hydrogen) atoms. The third-order valence-electron chi connectivity index (χ3n) is 4.01. The monoisotopic (exact) mass is 475 g/mol. The van der Waals surface area contributed by atoms with Gasteiger partial charge in [-0.2, -0.15) is 0 Å². The number of aromatic nitrogens is 3. The van der Waals surface area contributed by atoms with Gasteiger partial charge in [-0.3, -0.25) is 4.79 Å². The van der Waals surface area contributed by atoms with Gasteiger partial charge in [-0.05, 0) is 36.8 Å². The molecule has 154 valence electrons. The second kappa shape index (κ2) is 9.40. The van der Waals surface area contributed by atoms with E-state index in [1.54, 1.807) is 31.2 Å². The van der Waals surface area contributed by atoms with Gasteiger partial charge in [0, 0.05) is 14.8 Å². The number of hydrogen-bond acceptors (Lipinski definition) is 5. The Bertz CT molecular complexity index is 1150. The number of ketones is 1. The Hall–Kier alpha value is -3.40. The van der Waals surface area contributed by atoms with Crippen LogP contribution in [0.5, 0.6) is 0 Å². The second-order valence-electron chi connectivity index (χ2n) is 6.10. The lowest BCUT2D eigenvalue weighted by Gasteiger charge is -2.01. The van der Waals surface area contributed by atoms with E-state index in [0.29, 0.717) is 11.1 Å². The smallest absolute Gasteiger partial charge is 0.434 e. The van der Waals surface area contributed by atoms with Gasteiger partial charge in [0.15, 0.2) is 6.54 Å². The molecule has 0 aliphatic rings. The molecule has 10 heteroatoms. The van der Waals surface area contributed by atoms with Gasteiger partial charge in [0.1, 0.15) is 5.82 Å². The number of Topliss-reactive ketones (excluding diaryl/α,β-unsaturated/α-hetero) is 1. The summed E-state index contributed by atoms with van der Waals surface area (Å²) in [5, 5.41) is 6.58. The molecule has 8 nitrogen and oxygen atoms in total. The molecule has 0 aliphatic heterocycles. The molecule has 0 radical (unpaired) electrons. The number of carbonyl (C=O) groups is 2. The minimum Gasteiger partial charge on any atom is -0.459 e. The van der Waals surface area contributed by atoms with Crippen molar-refractivity contribution >= 4 is 33.9 Å². The van der Waals surface area contributed by atoms with Crippen LogP contribution in [0.2, 0.25) is 0 Å². The number of hydrogen-bond donors (Lipinski definition) is 1. The van der Waals surface area contributed by atoms with E-state index in [2.05, 4.69) is 26.2 Å². The maximum Gasteiger partial charge on any atom is 0.434 e. The van der Waals surface area contributed by atoms with Crippen molar-refractivity contribution in [2.75, 3.05) is 6.61 Å². The zero-order valence-corrected chi connectivity index (χ0v) is 17.4. The van der Waals surface area contributed by atoms with Gasteiger partial charge in [-0.1, -0.05) is 50.5 Å². The highest BCUT2D eigenvalue weighted by molar-refractivity contribution is 9.10. The van der Waals surface area contributed by atoms with Gasteiger partial charge in [0.05, 0.1) is 12.8 Å². The summed E-state index contributed by atoms with van der Waals surface area (Å²) in [6.45, 7) is 1.36. The Morgan fingerprint density at radius 2 is 1.87 bits per heavy atom. The third-order valence-corrected chi connectivity index (χ3v) is 4.54. The first-order valence-electron chi connectivity index (χ1n) is 8.89. The first-order chi connectivity index (χ1) is 14.4. The number of nitrogens with zero attached hydrogens (tertiary/aromatic N) is 3. The number of ether oxygens (including phenoxy) is 1. The largest absolute Gasteiger partial charge is 0.459 e. The SMILES string of the molecule is CCOC(=O)c1c(=O)n(/N=C\c2ccc(F)cc2)[nH][n+]1CC(=O)c1ccc(Br)cc1.